The maximum absolute atomic E-state index is 15.4. The van der Waals surface area contributed by atoms with Gasteiger partial charge in [0.05, 0.1) is 12.0 Å². The molecule has 3 aromatic carbocycles. The smallest absolute Gasteiger partial charge is 0.243 e. The summed E-state index contributed by atoms with van der Waals surface area (Å²) >= 11 is 6.14. The molecule has 11 heteroatoms. The summed E-state index contributed by atoms with van der Waals surface area (Å²) in [6.45, 7) is 1.64. The summed E-state index contributed by atoms with van der Waals surface area (Å²) in [6.07, 6.45) is 4.32. The molecule has 1 saturated heterocycles. The molecule has 2 aliphatic rings. The zero-order valence-electron chi connectivity index (χ0n) is 26.2. The van der Waals surface area contributed by atoms with E-state index in [0.717, 1.165) is 30.5 Å². The standard InChI is InChI=1S/C36H38ClFN4O4S/c1-46-35-17-12-26(21-40-35)31(25-10-13-27(37)14-11-25)20-34(43)41-33-9-5-8-32(38)30(33)16-15-28-22-39-23-36(18-19-36)24-42(28)47(44,45)29-6-3-2-4-7-29/h2-14,17,21,28,31,39H,15-16,18-20,22-24H2,1H3,(H,41,43). The van der Waals surface area contributed by atoms with Crippen LogP contribution in [0.25, 0.3) is 0 Å². The van der Waals surface area contributed by atoms with Crippen LogP contribution >= 0.6 is 11.6 Å². The molecule has 2 heterocycles. The molecule has 4 aromatic rings. The molecule has 0 bridgehead atoms. The number of hydrogen-bond donors (Lipinski definition) is 2. The monoisotopic (exact) mass is 676 g/mol. The van der Waals surface area contributed by atoms with Crippen molar-refractivity contribution in [1.82, 2.24) is 14.6 Å². The largest absolute Gasteiger partial charge is 0.481 e. The highest BCUT2D eigenvalue weighted by Gasteiger charge is 2.49. The Kier molecular flexibility index (Phi) is 9.93. The van der Waals surface area contributed by atoms with E-state index in [0.29, 0.717) is 41.7 Å². The molecule has 2 fully saturated rings. The Morgan fingerprint density at radius 3 is 2.49 bits per heavy atom. The lowest BCUT2D eigenvalue weighted by Crippen LogP contribution is -2.44. The van der Waals surface area contributed by atoms with Crippen LogP contribution in [0.5, 0.6) is 5.88 Å². The summed E-state index contributed by atoms with van der Waals surface area (Å²) in [4.78, 5) is 18.2. The highest BCUT2D eigenvalue weighted by molar-refractivity contribution is 7.89. The molecular formula is C36H38ClFN4O4S. The van der Waals surface area contributed by atoms with Gasteiger partial charge in [-0.1, -0.05) is 54.1 Å². The topological polar surface area (TPSA) is 101 Å². The van der Waals surface area contributed by atoms with Crippen molar-refractivity contribution in [3.05, 3.63) is 119 Å². The second-order valence-corrected chi connectivity index (χ2v) is 14.8. The summed E-state index contributed by atoms with van der Waals surface area (Å²) in [5, 5.41) is 7.01. The van der Waals surface area contributed by atoms with Gasteiger partial charge in [-0.15, -0.1) is 0 Å². The molecule has 8 nitrogen and oxygen atoms in total. The number of rotatable bonds is 11. The lowest BCUT2D eigenvalue weighted by atomic mass is 9.89. The van der Waals surface area contributed by atoms with Gasteiger partial charge >= 0.3 is 0 Å². The minimum atomic E-state index is -3.77. The van der Waals surface area contributed by atoms with Crippen LogP contribution in [0.4, 0.5) is 10.1 Å². The van der Waals surface area contributed by atoms with Crippen LogP contribution in [-0.4, -0.2) is 56.4 Å². The number of hydrogen-bond acceptors (Lipinski definition) is 6. The number of halogens is 2. The molecule has 47 heavy (non-hydrogen) atoms. The number of amides is 1. The zero-order valence-corrected chi connectivity index (χ0v) is 27.7. The van der Waals surface area contributed by atoms with Crippen LogP contribution < -0.4 is 15.4 Å². The predicted octanol–water partition coefficient (Wildman–Crippen LogP) is 6.42. The Labute approximate surface area is 280 Å². The van der Waals surface area contributed by atoms with E-state index < -0.39 is 15.8 Å². The highest BCUT2D eigenvalue weighted by Crippen LogP contribution is 2.48. The minimum absolute atomic E-state index is 0.0617. The molecule has 2 N–H and O–H groups in total. The van der Waals surface area contributed by atoms with Gasteiger partial charge in [-0.05, 0) is 78.6 Å². The fraction of sp³-hybridized carbons (Fsp3) is 0.333. The zero-order chi connectivity index (χ0) is 33.0. The molecule has 2 unspecified atom stereocenters. The van der Waals surface area contributed by atoms with Crippen molar-refractivity contribution in [2.45, 2.75) is 49.0 Å². The number of pyridine rings is 1. The second kappa shape index (κ2) is 14.1. The molecule has 1 amide bonds. The third-order valence-electron chi connectivity index (χ3n) is 9.24. The molecule has 6 rings (SSSR count). The van der Waals surface area contributed by atoms with Gasteiger partial charge in [0, 0.05) is 66.6 Å². The third kappa shape index (κ3) is 7.67. The number of methoxy groups -OCH3 is 1. The van der Waals surface area contributed by atoms with Crippen molar-refractivity contribution in [3.63, 3.8) is 0 Å². The van der Waals surface area contributed by atoms with Crippen molar-refractivity contribution in [3.8, 4) is 5.88 Å². The number of anilines is 1. The first kappa shape index (κ1) is 33.1. The van der Waals surface area contributed by atoms with E-state index in [9.17, 15) is 13.2 Å². The van der Waals surface area contributed by atoms with E-state index in [1.54, 1.807) is 78.3 Å². The quantitative estimate of drug-likeness (QED) is 0.190. The fourth-order valence-electron chi connectivity index (χ4n) is 6.36. The third-order valence-corrected chi connectivity index (χ3v) is 11.4. The van der Waals surface area contributed by atoms with Gasteiger partial charge < -0.3 is 15.4 Å². The van der Waals surface area contributed by atoms with Crippen LogP contribution in [0.2, 0.25) is 5.02 Å². The average Bonchev–Trinajstić information content (AvgIpc) is 3.88. The highest BCUT2D eigenvalue weighted by atomic mass is 35.5. The molecular weight excluding hydrogens is 639 g/mol. The van der Waals surface area contributed by atoms with Gasteiger partial charge in [0.25, 0.3) is 0 Å². The van der Waals surface area contributed by atoms with E-state index in [1.807, 2.05) is 18.2 Å². The average molecular weight is 677 g/mol. The van der Waals surface area contributed by atoms with Crippen molar-refractivity contribution in [1.29, 1.82) is 0 Å². The Morgan fingerprint density at radius 2 is 1.81 bits per heavy atom. The SMILES string of the molecule is COc1ccc(C(CC(=O)Nc2cccc(F)c2CCC2CNCC3(CC3)CN2S(=O)(=O)c2ccccc2)c2ccc(Cl)cc2)cn1. The Morgan fingerprint density at radius 1 is 1.06 bits per heavy atom. The molecule has 1 aromatic heterocycles. The normalized spacial score (nSPS) is 18.3. The number of nitrogens with one attached hydrogen (secondary N) is 2. The minimum Gasteiger partial charge on any atom is -0.481 e. The van der Waals surface area contributed by atoms with E-state index >= 15 is 4.39 Å². The van der Waals surface area contributed by atoms with Crippen molar-refractivity contribution >= 4 is 33.2 Å². The van der Waals surface area contributed by atoms with Gasteiger partial charge in [-0.25, -0.2) is 17.8 Å². The molecule has 1 spiro atoms. The summed E-state index contributed by atoms with van der Waals surface area (Å²) in [6, 6.07) is 23.6. The maximum atomic E-state index is 15.4. The van der Waals surface area contributed by atoms with Crippen molar-refractivity contribution < 1.29 is 22.3 Å². The van der Waals surface area contributed by atoms with Crippen molar-refractivity contribution in [2.75, 3.05) is 32.1 Å². The number of carbonyl (C=O) groups is 1. The number of benzene rings is 3. The number of ether oxygens (including phenoxy) is 1. The van der Waals surface area contributed by atoms with Gasteiger partial charge in [0.2, 0.25) is 21.8 Å². The second-order valence-electron chi connectivity index (χ2n) is 12.4. The fourth-order valence-corrected chi connectivity index (χ4v) is 8.27. The Balaban J connectivity index is 1.21. The number of aromatic nitrogens is 1. The van der Waals surface area contributed by atoms with Crippen LogP contribution in [0.3, 0.4) is 0 Å². The summed E-state index contributed by atoms with van der Waals surface area (Å²) in [7, 11) is -2.23. The van der Waals surface area contributed by atoms with Gasteiger partial charge in [0.15, 0.2) is 0 Å². The lowest BCUT2D eigenvalue weighted by Gasteiger charge is -2.31. The number of carbonyl (C=O) groups excluding carboxylic acids is 1. The molecule has 0 radical (unpaired) electrons. The molecule has 1 aliphatic heterocycles. The molecule has 246 valence electrons. The molecule has 2 atom stereocenters. The summed E-state index contributed by atoms with van der Waals surface area (Å²) in [5.74, 6) is -0.628. The van der Waals surface area contributed by atoms with E-state index in [4.69, 9.17) is 16.3 Å². The van der Waals surface area contributed by atoms with E-state index in [1.165, 1.54) is 6.07 Å². The van der Waals surface area contributed by atoms with Crippen LogP contribution in [0.1, 0.15) is 48.3 Å². The van der Waals surface area contributed by atoms with Gasteiger partial charge in [-0.2, -0.15) is 4.31 Å². The Bertz CT molecular complexity index is 1800. The first-order valence-corrected chi connectivity index (χ1v) is 17.6. The van der Waals surface area contributed by atoms with Crippen LogP contribution in [0.15, 0.2) is 96.0 Å². The number of nitrogens with zero attached hydrogens (tertiary/aromatic N) is 2. The van der Waals surface area contributed by atoms with Crippen LogP contribution in [-0.2, 0) is 21.2 Å². The number of sulfonamides is 1. The Hall–Kier alpha value is -3.83. The van der Waals surface area contributed by atoms with Crippen molar-refractivity contribution in [2.24, 2.45) is 5.41 Å². The first-order valence-electron chi connectivity index (χ1n) is 15.8. The van der Waals surface area contributed by atoms with E-state index in [2.05, 4.69) is 15.6 Å². The van der Waals surface area contributed by atoms with Gasteiger partial charge in [-0.3, -0.25) is 4.79 Å². The lowest BCUT2D eigenvalue weighted by molar-refractivity contribution is -0.116. The molecule has 1 saturated carbocycles. The summed E-state index contributed by atoms with van der Waals surface area (Å²) in [5.41, 5.74) is 2.35. The predicted molar refractivity (Wildman–Crippen MR) is 181 cm³/mol. The summed E-state index contributed by atoms with van der Waals surface area (Å²) < 4.78 is 50.1. The maximum Gasteiger partial charge on any atom is 0.243 e. The van der Waals surface area contributed by atoms with E-state index in [-0.39, 0.29) is 41.0 Å². The first-order chi connectivity index (χ1) is 22.7. The molecule has 1 aliphatic carbocycles. The van der Waals surface area contributed by atoms with Crippen LogP contribution in [0, 0.1) is 11.2 Å². The van der Waals surface area contributed by atoms with Gasteiger partial charge in [0.1, 0.15) is 5.82 Å².